The number of carbonyl (C=O) groups is 1. The highest BCUT2D eigenvalue weighted by Gasteiger charge is 2.22. The zero-order valence-corrected chi connectivity index (χ0v) is 17.9. The third kappa shape index (κ3) is 5.38. The number of esters is 1. The molecule has 2 heterocycles. The third-order valence-electron chi connectivity index (χ3n) is 4.35. The van der Waals surface area contributed by atoms with Gasteiger partial charge in [0.2, 0.25) is 0 Å². The summed E-state index contributed by atoms with van der Waals surface area (Å²) in [6.45, 7) is 11.2. The Bertz CT molecular complexity index is 861. The average molecular weight is 412 g/mol. The Morgan fingerprint density at radius 3 is 2.64 bits per heavy atom. The van der Waals surface area contributed by atoms with Crippen LogP contribution in [0.2, 0.25) is 0 Å². The molecule has 0 saturated carbocycles. The number of thiophene rings is 1. The van der Waals surface area contributed by atoms with E-state index < -0.39 is 12.1 Å². The number of aliphatic hydroxyl groups is 1. The van der Waals surface area contributed by atoms with E-state index in [9.17, 15) is 14.7 Å². The molecule has 0 saturated heterocycles. The van der Waals surface area contributed by atoms with Crippen molar-refractivity contribution in [3.05, 3.63) is 26.6 Å². The molecule has 2 rings (SSSR count). The van der Waals surface area contributed by atoms with Gasteiger partial charge in [-0.05, 0) is 40.2 Å². The number of fused-ring (bicyclic) bond motifs is 1. The molecule has 0 fully saturated rings. The van der Waals surface area contributed by atoms with Crippen molar-refractivity contribution in [1.82, 2.24) is 14.9 Å². The van der Waals surface area contributed by atoms with Crippen LogP contribution in [0.3, 0.4) is 0 Å². The van der Waals surface area contributed by atoms with Gasteiger partial charge in [0, 0.05) is 19.2 Å². The Labute approximate surface area is 168 Å². The van der Waals surface area contributed by atoms with Crippen LogP contribution in [0.25, 0.3) is 10.2 Å². The number of hydrogen-bond acceptors (Lipinski definition) is 8. The number of carbonyl (C=O) groups excluding carboxylic acids is 1. The van der Waals surface area contributed by atoms with E-state index >= 15 is 0 Å². The molecule has 8 nitrogen and oxygen atoms in total. The van der Waals surface area contributed by atoms with Crippen molar-refractivity contribution in [2.24, 2.45) is 0 Å². The Kier molecular flexibility index (Phi) is 8.11. The smallest absolute Gasteiger partial charge is 0.348 e. The molecule has 0 bridgehead atoms. The van der Waals surface area contributed by atoms with Crippen LogP contribution in [0, 0.1) is 6.92 Å². The average Bonchev–Trinajstić information content (AvgIpc) is 2.96. The lowest BCUT2D eigenvalue weighted by molar-refractivity contribution is 0.0127. The molecular weight excluding hydrogens is 382 g/mol. The fourth-order valence-electron chi connectivity index (χ4n) is 2.88. The lowest BCUT2D eigenvalue weighted by Gasteiger charge is -2.28. The first kappa shape index (κ1) is 22.5. The van der Waals surface area contributed by atoms with Gasteiger partial charge in [-0.1, -0.05) is 0 Å². The Morgan fingerprint density at radius 2 is 2.04 bits per heavy atom. The molecule has 0 spiro atoms. The maximum Gasteiger partial charge on any atom is 0.348 e. The van der Waals surface area contributed by atoms with Crippen molar-refractivity contribution in [3.8, 4) is 0 Å². The molecule has 0 amide bonds. The van der Waals surface area contributed by atoms with Crippen molar-refractivity contribution in [2.75, 3.05) is 26.4 Å². The van der Waals surface area contributed by atoms with Crippen LogP contribution < -0.4 is 5.56 Å². The predicted octanol–water partition coefficient (Wildman–Crippen LogP) is 2.08. The molecule has 2 aromatic heterocycles. The molecule has 1 atom stereocenters. The number of rotatable bonds is 10. The van der Waals surface area contributed by atoms with E-state index in [1.165, 1.54) is 11.3 Å². The van der Waals surface area contributed by atoms with Crippen molar-refractivity contribution >= 4 is 27.5 Å². The number of hydrogen-bond donors (Lipinski definition) is 2. The van der Waals surface area contributed by atoms with Crippen LogP contribution in [0.5, 0.6) is 0 Å². The molecule has 1 unspecified atom stereocenters. The van der Waals surface area contributed by atoms with E-state index in [0.29, 0.717) is 46.2 Å². The summed E-state index contributed by atoms with van der Waals surface area (Å²) in [6.07, 6.45) is -0.628. The molecule has 0 aliphatic rings. The van der Waals surface area contributed by atoms with Crippen molar-refractivity contribution in [2.45, 2.75) is 53.3 Å². The summed E-state index contributed by atoms with van der Waals surface area (Å²) >= 11 is 1.17. The first-order valence-electron chi connectivity index (χ1n) is 9.47. The van der Waals surface area contributed by atoms with Crippen LogP contribution in [-0.4, -0.2) is 64.5 Å². The largest absolute Gasteiger partial charge is 0.462 e. The normalized spacial score (nSPS) is 12.9. The Hall–Kier alpha value is -1.81. The fraction of sp³-hybridized carbons (Fsp3) is 0.632. The minimum absolute atomic E-state index is 0.137. The lowest BCUT2D eigenvalue weighted by atomic mass is 10.2. The Balaban J connectivity index is 2.28. The van der Waals surface area contributed by atoms with E-state index in [1.807, 2.05) is 25.7 Å². The van der Waals surface area contributed by atoms with E-state index in [2.05, 4.69) is 9.97 Å². The minimum atomic E-state index is -0.628. The Morgan fingerprint density at radius 1 is 1.32 bits per heavy atom. The van der Waals surface area contributed by atoms with Crippen molar-refractivity contribution in [3.63, 3.8) is 0 Å². The van der Waals surface area contributed by atoms with Gasteiger partial charge in [0.05, 0.1) is 31.2 Å². The quantitative estimate of drug-likeness (QED) is 0.577. The molecule has 156 valence electrons. The zero-order valence-electron chi connectivity index (χ0n) is 17.1. The number of aromatic nitrogens is 2. The van der Waals surface area contributed by atoms with E-state index in [1.54, 1.807) is 13.8 Å². The van der Waals surface area contributed by atoms with Crippen LogP contribution in [0.15, 0.2) is 4.79 Å². The monoisotopic (exact) mass is 411 g/mol. The van der Waals surface area contributed by atoms with Gasteiger partial charge in [-0.2, -0.15) is 0 Å². The van der Waals surface area contributed by atoms with Crippen LogP contribution in [0.1, 0.15) is 48.8 Å². The highest BCUT2D eigenvalue weighted by atomic mass is 32.1. The van der Waals surface area contributed by atoms with Gasteiger partial charge in [0.25, 0.3) is 5.56 Å². The van der Waals surface area contributed by atoms with Crippen LogP contribution >= 0.6 is 11.3 Å². The van der Waals surface area contributed by atoms with Crippen LogP contribution in [0.4, 0.5) is 0 Å². The van der Waals surface area contributed by atoms with Gasteiger partial charge in [-0.25, -0.2) is 9.78 Å². The second kappa shape index (κ2) is 10.1. The number of aliphatic hydroxyl groups excluding tert-OH is 1. The number of nitrogens with zero attached hydrogens (tertiary/aromatic N) is 2. The standard InChI is InChI=1S/C19H29N3O5S/c1-6-26-10-13(23)8-22(11(3)4)9-14-20-17(24)15-12(5)16(19(25)27-7-2)28-18(15)21-14/h11,13,23H,6-10H2,1-5H3,(H,20,21,24). The minimum Gasteiger partial charge on any atom is -0.462 e. The molecule has 0 radical (unpaired) electrons. The molecule has 2 N–H and O–H groups in total. The van der Waals surface area contributed by atoms with Gasteiger partial charge >= 0.3 is 5.97 Å². The number of aryl methyl sites for hydroxylation is 1. The predicted molar refractivity (Wildman–Crippen MR) is 109 cm³/mol. The summed E-state index contributed by atoms with van der Waals surface area (Å²) < 4.78 is 10.3. The molecule has 0 aromatic carbocycles. The summed E-state index contributed by atoms with van der Waals surface area (Å²) in [5.74, 6) is 0.0540. The SMILES string of the molecule is CCOCC(O)CN(Cc1nc2sc(C(=O)OCC)c(C)c2c(=O)[nH]1)C(C)C. The van der Waals surface area contributed by atoms with E-state index in [4.69, 9.17) is 9.47 Å². The van der Waals surface area contributed by atoms with E-state index in [-0.39, 0.29) is 24.8 Å². The maximum absolute atomic E-state index is 12.6. The number of nitrogens with one attached hydrogen (secondary N) is 1. The summed E-state index contributed by atoms with van der Waals surface area (Å²) in [5, 5.41) is 10.6. The molecule has 2 aromatic rings. The van der Waals surface area contributed by atoms with Crippen LogP contribution in [-0.2, 0) is 16.0 Å². The summed E-state index contributed by atoms with van der Waals surface area (Å²) in [6, 6.07) is 0.137. The molecule has 0 aliphatic heterocycles. The highest BCUT2D eigenvalue weighted by Crippen LogP contribution is 2.27. The maximum atomic E-state index is 12.6. The zero-order chi connectivity index (χ0) is 20.8. The molecule has 0 aliphatic carbocycles. The van der Waals surface area contributed by atoms with Gasteiger partial charge in [-0.15, -0.1) is 11.3 Å². The lowest BCUT2D eigenvalue weighted by Crippen LogP contribution is -2.39. The molecule has 28 heavy (non-hydrogen) atoms. The number of H-pyrrole nitrogens is 1. The third-order valence-corrected chi connectivity index (χ3v) is 5.52. The first-order chi connectivity index (χ1) is 13.3. The molecule has 9 heteroatoms. The van der Waals surface area contributed by atoms with E-state index in [0.717, 1.165) is 0 Å². The summed E-state index contributed by atoms with van der Waals surface area (Å²) in [4.78, 5) is 35.0. The topological polar surface area (TPSA) is 105 Å². The summed E-state index contributed by atoms with van der Waals surface area (Å²) in [5.41, 5.74) is 0.314. The summed E-state index contributed by atoms with van der Waals surface area (Å²) in [7, 11) is 0. The first-order valence-corrected chi connectivity index (χ1v) is 10.3. The fourth-order valence-corrected chi connectivity index (χ4v) is 3.98. The van der Waals surface area contributed by atoms with Gasteiger partial charge < -0.3 is 19.6 Å². The number of ether oxygens (including phenoxy) is 2. The second-order valence-electron chi connectivity index (χ2n) is 6.81. The molecular formula is C19H29N3O5S. The second-order valence-corrected chi connectivity index (χ2v) is 7.80. The van der Waals surface area contributed by atoms with Gasteiger partial charge in [0.15, 0.2) is 0 Å². The van der Waals surface area contributed by atoms with Gasteiger partial charge in [0.1, 0.15) is 15.5 Å². The van der Waals surface area contributed by atoms with Crippen molar-refractivity contribution in [1.29, 1.82) is 0 Å². The highest BCUT2D eigenvalue weighted by molar-refractivity contribution is 7.20. The van der Waals surface area contributed by atoms with Gasteiger partial charge in [-0.3, -0.25) is 9.69 Å². The number of aromatic amines is 1. The van der Waals surface area contributed by atoms with Crippen molar-refractivity contribution < 1.29 is 19.4 Å².